The van der Waals surface area contributed by atoms with E-state index in [4.69, 9.17) is 13.5 Å². The Morgan fingerprint density at radius 2 is 1.49 bits per heavy atom. The van der Waals surface area contributed by atoms with Crippen molar-refractivity contribution < 1.29 is 42.4 Å². The van der Waals surface area contributed by atoms with Gasteiger partial charge in [-0.2, -0.15) is 0 Å². The van der Waals surface area contributed by atoms with Gasteiger partial charge in [-0.1, -0.05) is 74.9 Å². The summed E-state index contributed by atoms with van der Waals surface area (Å²) in [5, 5.41) is 16.4. The van der Waals surface area contributed by atoms with Crippen LogP contribution in [-0.2, 0) is 13.9 Å². The molecule has 1 amide bonds. The maximum absolute atomic E-state index is 13.4. The summed E-state index contributed by atoms with van der Waals surface area (Å²) < 4.78 is 30.9. The molecule has 4 aromatic carbocycles. The number of fused-ring (bicyclic) bond motifs is 3. The molecule has 0 aromatic heterocycles. The number of nitrogens with one attached hydrogen (secondary N) is 1. The highest BCUT2D eigenvalue weighted by Crippen LogP contribution is 2.46. The smallest absolute Gasteiger partial charge is 0.478 e. The van der Waals surface area contributed by atoms with Gasteiger partial charge in [-0.05, 0) is 66.3 Å². The molecule has 1 aliphatic carbocycles. The van der Waals surface area contributed by atoms with Crippen LogP contribution < -0.4 is 24.7 Å². The van der Waals surface area contributed by atoms with E-state index in [1.807, 2.05) is 92.3 Å². The third-order valence-corrected chi connectivity index (χ3v) is 11.1. The van der Waals surface area contributed by atoms with Crippen molar-refractivity contribution in [2.24, 2.45) is 0 Å². The minimum absolute atomic E-state index is 0.0211. The molecule has 6 rings (SSSR count). The second-order valence-electron chi connectivity index (χ2n) is 15.0. The lowest BCUT2D eigenvalue weighted by Crippen LogP contribution is -2.24. The van der Waals surface area contributed by atoms with Gasteiger partial charge in [0.2, 0.25) is 5.36 Å². The number of anilines is 1. The Morgan fingerprint density at radius 3 is 2.22 bits per heavy atom. The zero-order valence-electron chi connectivity index (χ0n) is 33.9. The number of carboxylic acid groups (broad SMARTS) is 1. The number of unbranched alkanes of at least 4 members (excludes halogenated alkanes) is 7. The highest BCUT2D eigenvalue weighted by Gasteiger charge is 2.29. The summed E-state index contributed by atoms with van der Waals surface area (Å²) in [6, 6.07) is 28.7. The average Bonchev–Trinajstić information content (AvgIpc) is 3.20. The van der Waals surface area contributed by atoms with Gasteiger partial charge >= 0.3 is 19.8 Å². The molecule has 1 heterocycles. The second-order valence-corrected chi connectivity index (χ2v) is 16.3. The predicted molar refractivity (Wildman–Crippen MR) is 231 cm³/mol. The highest BCUT2D eigenvalue weighted by molar-refractivity contribution is 7.48. The van der Waals surface area contributed by atoms with Crippen molar-refractivity contribution in [3.63, 3.8) is 0 Å². The minimum Gasteiger partial charge on any atom is -0.478 e. The third-order valence-electron chi connectivity index (χ3n) is 10.3. The van der Waals surface area contributed by atoms with Gasteiger partial charge in [0.1, 0.15) is 31.2 Å². The quantitative estimate of drug-likeness (QED) is 0.0331. The standard InChI is InChI=1S/C46H50N3O9P/c1-48(2)33-22-25-37-41(29-33)56-42-30-34(49(3)4)23-26-38(42)44(37)39-28-32(21-24-36(39)46(52)53)45(51)47-27-14-10-8-6-5-7-9-11-20-43(50)58-59(54,55)57-40-19-15-17-31-16-12-13-18-35(31)40/h12-13,15-19,21-26,28-30H,5-11,14,20,27H2,1-4H3,(H2-,47,51,52,53,54,55)/p+1. The summed E-state index contributed by atoms with van der Waals surface area (Å²) in [6.45, 7) is 0.479. The summed E-state index contributed by atoms with van der Waals surface area (Å²) in [5.74, 6) is -1.38. The minimum atomic E-state index is -4.63. The van der Waals surface area contributed by atoms with E-state index in [0.717, 1.165) is 72.3 Å². The zero-order chi connectivity index (χ0) is 42.1. The van der Waals surface area contributed by atoms with Gasteiger partial charge in [-0.25, -0.2) is 13.9 Å². The van der Waals surface area contributed by atoms with Gasteiger partial charge in [0, 0.05) is 72.3 Å². The Morgan fingerprint density at radius 1 is 0.780 bits per heavy atom. The molecule has 4 aromatic rings. The molecule has 59 heavy (non-hydrogen) atoms. The lowest BCUT2D eigenvalue weighted by Gasteiger charge is -2.19. The van der Waals surface area contributed by atoms with Crippen LogP contribution in [0.3, 0.4) is 0 Å². The Labute approximate surface area is 343 Å². The normalized spacial score (nSPS) is 12.3. The number of hydrogen-bond acceptors (Lipinski definition) is 8. The summed E-state index contributed by atoms with van der Waals surface area (Å²) in [4.78, 5) is 50.4. The van der Waals surface area contributed by atoms with Gasteiger partial charge < -0.3 is 28.8 Å². The van der Waals surface area contributed by atoms with Gasteiger partial charge in [-0.15, -0.1) is 0 Å². The molecule has 0 fully saturated rings. The molecule has 0 bridgehead atoms. The van der Waals surface area contributed by atoms with E-state index < -0.39 is 19.8 Å². The fourth-order valence-electron chi connectivity index (χ4n) is 7.14. The molecule has 1 aliphatic heterocycles. The maximum Gasteiger partial charge on any atom is 0.587 e. The molecule has 1 atom stereocenters. The Kier molecular flexibility index (Phi) is 13.9. The molecule has 2 aliphatic rings. The Bertz CT molecular complexity index is 2570. The van der Waals surface area contributed by atoms with E-state index in [0.29, 0.717) is 46.4 Å². The number of phosphoric ester groups is 1. The number of benzene rings is 5. The van der Waals surface area contributed by atoms with Crippen LogP contribution in [0.5, 0.6) is 5.75 Å². The third kappa shape index (κ3) is 10.8. The Hall–Kier alpha value is -5.97. The molecule has 12 nitrogen and oxygen atoms in total. The largest absolute Gasteiger partial charge is 0.587 e. The summed E-state index contributed by atoms with van der Waals surface area (Å²) in [7, 11) is 3.14. The second kappa shape index (κ2) is 19.2. The van der Waals surface area contributed by atoms with Crippen molar-refractivity contribution in [3.8, 4) is 28.2 Å². The van der Waals surface area contributed by atoms with Crippen LogP contribution in [0.2, 0.25) is 0 Å². The number of phosphoric acid groups is 1. The molecule has 1 unspecified atom stereocenters. The molecule has 0 radical (unpaired) electrons. The molecule has 0 saturated heterocycles. The van der Waals surface area contributed by atoms with Crippen molar-refractivity contribution in [1.29, 1.82) is 0 Å². The van der Waals surface area contributed by atoms with Crippen LogP contribution in [0.25, 0.3) is 44.2 Å². The molecule has 3 N–H and O–H groups in total. The first-order valence-corrected chi connectivity index (χ1v) is 21.4. The van der Waals surface area contributed by atoms with E-state index in [2.05, 4.69) is 5.32 Å². The van der Waals surface area contributed by atoms with E-state index in [9.17, 15) is 28.9 Å². The first-order chi connectivity index (χ1) is 28.3. The van der Waals surface area contributed by atoms with Crippen LogP contribution in [0.1, 0.15) is 78.5 Å². The van der Waals surface area contributed by atoms with Crippen LogP contribution in [0, 0.1) is 0 Å². The van der Waals surface area contributed by atoms with Crippen LogP contribution in [0.15, 0.2) is 101 Å². The molecule has 0 saturated carbocycles. The summed E-state index contributed by atoms with van der Waals surface area (Å²) in [5.41, 5.74) is 3.83. The fraction of sp³-hybridized carbons (Fsp3) is 0.304. The van der Waals surface area contributed by atoms with Gasteiger partial charge in [0.15, 0.2) is 0 Å². The van der Waals surface area contributed by atoms with E-state index >= 15 is 0 Å². The number of nitrogens with zero attached hydrogens (tertiary/aromatic N) is 2. The topological polar surface area (TPSA) is 159 Å². The van der Waals surface area contributed by atoms with Crippen LogP contribution in [0.4, 0.5) is 5.69 Å². The van der Waals surface area contributed by atoms with E-state index in [1.54, 1.807) is 36.4 Å². The number of amides is 1. The molecule has 0 spiro atoms. The van der Waals surface area contributed by atoms with Crippen molar-refractivity contribution in [2.75, 3.05) is 39.6 Å². The summed E-state index contributed by atoms with van der Waals surface area (Å²) in [6.07, 6.45) is 6.93. The molecular formula is C46H51N3O9P+. The number of aromatic carboxylic acids is 1. The van der Waals surface area contributed by atoms with Crippen molar-refractivity contribution in [3.05, 3.63) is 114 Å². The Balaban J connectivity index is 0.972. The fourth-order valence-corrected chi connectivity index (χ4v) is 7.94. The van der Waals surface area contributed by atoms with Crippen LogP contribution >= 0.6 is 7.82 Å². The first kappa shape index (κ1) is 42.6. The molecule has 308 valence electrons. The van der Waals surface area contributed by atoms with E-state index in [-0.39, 0.29) is 23.6 Å². The summed E-state index contributed by atoms with van der Waals surface area (Å²) >= 11 is 0. The highest BCUT2D eigenvalue weighted by atomic mass is 31.2. The molecule has 13 heteroatoms. The molecular weight excluding hydrogens is 769 g/mol. The monoisotopic (exact) mass is 820 g/mol. The van der Waals surface area contributed by atoms with Crippen molar-refractivity contribution in [1.82, 2.24) is 9.89 Å². The average molecular weight is 821 g/mol. The SMILES string of the molecule is CN(C)c1ccc2c(-c3cc(C(=O)NCCCCCCCCCCC(=O)OP(=O)(O)Oc4cccc5ccccc45)ccc3C(=O)O)c3ccc(=[N+](C)C)cc-3oc2c1. The lowest BCUT2D eigenvalue weighted by atomic mass is 9.89. The number of carbonyl (C=O) groups excluding carboxylic acids is 2. The van der Waals surface area contributed by atoms with Crippen molar-refractivity contribution >= 4 is 53.1 Å². The lowest BCUT2D eigenvalue weighted by molar-refractivity contribution is -0.135. The number of hydrogen-bond donors (Lipinski definition) is 3. The van der Waals surface area contributed by atoms with Crippen LogP contribution in [-0.4, -0.2) is 62.6 Å². The predicted octanol–water partition coefficient (Wildman–Crippen LogP) is 9.12. The number of carbonyl (C=O) groups is 3. The number of carboxylic acids is 1. The zero-order valence-corrected chi connectivity index (χ0v) is 34.8. The maximum atomic E-state index is 13.4. The van der Waals surface area contributed by atoms with Gasteiger partial charge in [0.05, 0.1) is 11.6 Å². The first-order valence-electron chi connectivity index (χ1n) is 19.9. The number of rotatable bonds is 18. The van der Waals surface area contributed by atoms with Gasteiger partial charge in [0.25, 0.3) is 5.91 Å². The van der Waals surface area contributed by atoms with E-state index in [1.165, 1.54) is 6.07 Å². The van der Waals surface area contributed by atoms with Crippen molar-refractivity contribution in [2.45, 2.75) is 57.8 Å². The van der Waals surface area contributed by atoms with Gasteiger partial charge in [-0.3, -0.25) is 14.5 Å².